The molecule has 0 saturated carbocycles. The van der Waals surface area contributed by atoms with E-state index in [1.807, 2.05) is 43.3 Å². The van der Waals surface area contributed by atoms with Crippen LogP contribution in [0.2, 0.25) is 0 Å². The monoisotopic (exact) mass is 375 g/mol. The first-order chi connectivity index (χ1) is 13.5. The van der Waals surface area contributed by atoms with E-state index in [-0.39, 0.29) is 11.7 Å². The number of nitrogens with zero attached hydrogens (tertiary/aromatic N) is 3. The van der Waals surface area contributed by atoms with Crippen molar-refractivity contribution in [2.24, 2.45) is 0 Å². The molecule has 1 aromatic heterocycles. The summed E-state index contributed by atoms with van der Waals surface area (Å²) in [6, 6.07) is 16.5. The number of aryl methyl sites for hydroxylation is 2. The average molecular weight is 375 g/mol. The van der Waals surface area contributed by atoms with Gasteiger partial charge < -0.3 is 10.0 Å². The SMILES string of the molecule is CCCc1cc(-c2ccc(C(=O)N(C)Cc3cccc(O)c3)cc2)nc(C)n1. The number of phenolic OH excluding ortho intramolecular Hbond substituents is 1. The van der Waals surface area contributed by atoms with Crippen LogP contribution >= 0.6 is 0 Å². The molecule has 0 unspecified atom stereocenters. The molecular formula is C23H25N3O2. The first-order valence-corrected chi connectivity index (χ1v) is 9.44. The maximum Gasteiger partial charge on any atom is 0.253 e. The van der Waals surface area contributed by atoms with Gasteiger partial charge in [0.05, 0.1) is 5.69 Å². The van der Waals surface area contributed by atoms with Gasteiger partial charge in [0.15, 0.2) is 0 Å². The molecule has 28 heavy (non-hydrogen) atoms. The van der Waals surface area contributed by atoms with Gasteiger partial charge in [-0.15, -0.1) is 0 Å². The lowest BCUT2D eigenvalue weighted by atomic mass is 10.1. The minimum Gasteiger partial charge on any atom is -0.508 e. The van der Waals surface area contributed by atoms with Crippen molar-refractivity contribution in [1.29, 1.82) is 0 Å². The van der Waals surface area contributed by atoms with Crippen LogP contribution in [0.3, 0.4) is 0 Å². The normalized spacial score (nSPS) is 10.7. The summed E-state index contributed by atoms with van der Waals surface area (Å²) in [5.74, 6) is 0.887. The van der Waals surface area contributed by atoms with Crippen molar-refractivity contribution < 1.29 is 9.90 Å². The van der Waals surface area contributed by atoms with Gasteiger partial charge >= 0.3 is 0 Å². The Morgan fingerprint density at radius 3 is 2.50 bits per heavy atom. The van der Waals surface area contributed by atoms with Gasteiger partial charge in [-0.3, -0.25) is 4.79 Å². The van der Waals surface area contributed by atoms with E-state index in [0.717, 1.165) is 41.2 Å². The largest absolute Gasteiger partial charge is 0.508 e. The summed E-state index contributed by atoms with van der Waals surface area (Å²) in [5, 5.41) is 9.58. The van der Waals surface area contributed by atoms with Crippen LogP contribution in [0, 0.1) is 6.92 Å². The smallest absolute Gasteiger partial charge is 0.253 e. The summed E-state index contributed by atoms with van der Waals surface area (Å²) in [7, 11) is 1.76. The number of hydrogen-bond donors (Lipinski definition) is 1. The van der Waals surface area contributed by atoms with Crippen LogP contribution < -0.4 is 0 Å². The lowest BCUT2D eigenvalue weighted by molar-refractivity contribution is 0.0785. The fraction of sp³-hybridized carbons (Fsp3) is 0.261. The first-order valence-electron chi connectivity index (χ1n) is 9.44. The standard InChI is InChI=1S/C23H25N3O2/c1-4-6-20-14-22(25-16(2)24-20)18-9-11-19(12-10-18)23(28)26(3)15-17-7-5-8-21(27)13-17/h5,7-14,27H,4,6,15H2,1-3H3. The molecule has 1 N–H and O–H groups in total. The van der Waals surface area contributed by atoms with E-state index < -0.39 is 0 Å². The van der Waals surface area contributed by atoms with Crippen LogP contribution in [0.4, 0.5) is 0 Å². The van der Waals surface area contributed by atoms with E-state index in [2.05, 4.69) is 16.9 Å². The van der Waals surface area contributed by atoms with Gasteiger partial charge in [-0.2, -0.15) is 0 Å². The summed E-state index contributed by atoms with van der Waals surface area (Å²) < 4.78 is 0. The molecule has 3 rings (SSSR count). The minimum atomic E-state index is -0.0690. The third-order valence-corrected chi connectivity index (χ3v) is 4.50. The van der Waals surface area contributed by atoms with Crippen LogP contribution in [0.1, 0.15) is 40.8 Å². The fourth-order valence-corrected chi connectivity index (χ4v) is 3.17. The number of rotatable bonds is 6. The van der Waals surface area contributed by atoms with Gasteiger partial charge in [0.1, 0.15) is 11.6 Å². The Hall–Kier alpha value is -3.21. The average Bonchev–Trinajstić information content (AvgIpc) is 2.67. The van der Waals surface area contributed by atoms with E-state index in [1.54, 1.807) is 30.1 Å². The van der Waals surface area contributed by atoms with Crippen LogP contribution in [0.15, 0.2) is 54.6 Å². The van der Waals surface area contributed by atoms with Crippen molar-refractivity contribution in [3.05, 3.63) is 77.2 Å². The van der Waals surface area contributed by atoms with Crippen molar-refractivity contribution in [1.82, 2.24) is 14.9 Å². The van der Waals surface area contributed by atoms with Crippen molar-refractivity contribution in [2.75, 3.05) is 7.05 Å². The third kappa shape index (κ3) is 4.74. The van der Waals surface area contributed by atoms with Crippen molar-refractivity contribution >= 4 is 5.91 Å². The number of benzene rings is 2. The number of amides is 1. The quantitative estimate of drug-likeness (QED) is 0.694. The molecule has 0 aliphatic carbocycles. The molecule has 3 aromatic rings. The van der Waals surface area contributed by atoms with E-state index in [1.165, 1.54) is 0 Å². The zero-order chi connectivity index (χ0) is 20.1. The van der Waals surface area contributed by atoms with Gasteiger partial charge in [-0.1, -0.05) is 37.6 Å². The Morgan fingerprint density at radius 1 is 1.07 bits per heavy atom. The van der Waals surface area contributed by atoms with E-state index >= 15 is 0 Å². The summed E-state index contributed by atoms with van der Waals surface area (Å²) in [4.78, 5) is 23.4. The summed E-state index contributed by atoms with van der Waals surface area (Å²) in [6.07, 6.45) is 1.96. The van der Waals surface area contributed by atoms with Crippen LogP contribution in [0.25, 0.3) is 11.3 Å². The van der Waals surface area contributed by atoms with Gasteiger partial charge in [0, 0.05) is 30.4 Å². The number of aromatic hydroxyl groups is 1. The lowest BCUT2D eigenvalue weighted by Crippen LogP contribution is -2.26. The number of aromatic nitrogens is 2. The van der Waals surface area contributed by atoms with E-state index in [0.29, 0.717) is 12.1 Å². The molecule has 0 spiro atoms. The van der Waals surface area contributed by atoms with Crippen molar-refractivity contribution in [3.63, 3.8) is 0 Å². The Balaban J connectivity index is 1.75. The van der Waals surface area contributed by atoms with Crippen LogP contribution in [-0.4, -0.2) is 32.9 Å². The second kappa shape index (κ2) is 8.65. The molecule has 0 aliphatic heterocycles. The topological polar surface area (TPSA) is 66.3 Å². The molecule has 144 valence electrons. The molecule has 2 aromatic carbocycles. The van der Waals surface area contributed by atoms with Crippen LogP contribution in [-0.2, 0) is 13.0 Å². The van der Waals surface area contributed by atoms with Crippen molar-refractivity contribution in [3.8, 4) is 17.0 Å². The molecule has 0 fully saturated rings. The number of phenols is 1. The number of hydrogen-bond acceptors (Lipinski definition) is 4. The highest BCUT2D eigenvalue weighted by atomic mass is 16.3. The molecule has 0 aliphatic rings. The summed E-state index contributed by atoms with van der Waals surface area (Å²) >= 11 is 0. The molecule has 1 amide bonds. The summed E-state index contributed by atoms with van der Waals surface area (Å²) in [5.41, 5.74) is 4.38. The predicted molar refractivity (Wildman–Crippen MR) is 110 cm³/mol. The molecule has 0 atom stereocenters. The molecule has 0 bridgehead atoms. The Bertz CT molecular complexity index is 968. The molecular weight excluding hydrogens is 350 g/mol. The highest BCUT2D eigenvalue weighted by Gasteiger charge is 2.13. The second-order valence-corrected chi connectivity index (χ2v) is 6.95. The summed E-state index contributed by atoms with van der Waals surface area (Å²) in [6.45, 7) is 4.46. The van der Waals surface area contributed by atoms with Gasteiger partial charge in [0.2, 0.25) is 0 Å². The van der Waals surface area contributed by atoms with Crippen LogP contribution in [0.5, 0.6) is 5.75 Å². The first kappa shape index (κ1) is 19.5. The Labute approximate surface area is 165 Å². The Kier molecular flexibility index (Phi) is 6.04. The highest BCUT2D eigenvalue weighted by Crippen LogP contribution is 2.20. The number of carbonyl (C=O) groups excluding carboxylic acids is 1. The maximum atomic E-state index is 12.7. The van der Waals surface area contributed by atoms with E-state index in [9.17, 15) is 9.90 Å². The third-order valence-electron chi connectivity index (χ3n) is 4.50. The van der Waals surface area contributed by atoms with Gasteiger partial charge in [-0.25, -0.2) is 9.97 Å². The molecule has 5 nitrogen and oxygen atoms in total. The molecule has 1 heterocycles. The predicted octanol–water partition coefficient (Wildman–Crippen LogP) is 4.38. The molecule has 0 radical (unpaired) electrons. The fourth-order valence-electron chi connectivity index (χ4n) is 3.17. The number of carbonyl (C=O) groups is 1. The lowest BCUT2D eigenvalue weighted by Gasteiger charge is -2.17. The second-order valence-electron chi connectivity index (χ2n) is 6.95. The minimum absolute atomic E-state index is 0.0690. The maximum absolute atomic E-state index is 12.7. The highest BCUT2D eigenvalue weighted by molar-refractivity contribution is 5.94. The zero-order valence-electron chi connectivity index (χ0n) is 16.5. The molecule has 5 heteroatoms. The van der Waals surface area contributed by atoms with Gasteiger partial charge in [0.25, 0.3) is 5.91 Å². The van der Waals surface area contributed by atoms with Crippen molar-refractivity contribution in [2.45, 2.75) is 33.2 Å². The van der Waals surface area contributed by atoms with E-state index in [4.69, 9.17) is 0 Å². The molecule has 0 saturated heterocycles. The van der Waals surface area contributed by atoms with Gasteiger partial charge in [-0.05, 0) is 49.2 Å². The Morgan fingerprint density at radius 2 is 1.82 bits per heavy atom. The zero-order valence-corrected chi connectivity index (χ0v) is 16.5.